The van der Waals surface area contributed by atoms with Crippen molar-refractivity contribution in [3.8, 4) is 22.5 Å². The van der Waals surface area contributed by atoms with Crippen LogP contribution in [0.4, 0.5) is 10.3 Å². The molecule has 0 saturated carbocycles. The SMILES string of the molecule is CCOCn1oc(=O)c(-c2ccc(F)cc2)c1-c1ccnc(NCc2ccccc2)n1. The molecule has 0 aliphatic heterocycles. The van der Waals surface area contributed by atoms with Crippen LogP contribution in [0.1, 0.15) is 12.5 Å². The predicted molar refractivity (Wildman–Crippen MR) is 115 cm³/mol. The third-order valence-electron chi connectivity index (χ3n) is 4.62. The largest absolute Gasteiger partial charge is 0.366 e. The first kappa shape index (κ1) is 20.5. The molecule has 0 aliphatic rings. The van der Waals surface area contributed by atoms with E-state index in [1.807, 2.05) is 37.3 Å². The molecule has 1 N–H and O–H groups in total. The number of aromatic nitrogens is 3. The average Bonchev–Trinajstić information content (AvgIpc) is 3.13. The highest BCUT2D eigenvalue weighted by atomic mass is 19.1. The van der Waals surface area contributed by atoms with Crippen LogP contribution in [0.15, 0.2) is 76.2 Å². The highest BCUT2D eigenvalue weighted by Crippen LogP contribution is 2.30. The van der Waals surface area contributed by atoms with Crippen LogP contribution < -0.4 is 10.9 Å². The van der Waals surface area contributed by atoms with E-state index in [2.05, 4.69) is 15.3 Å². The highest BCUT2D eigenvalue weighted by Gasteiger charge is 2.22. The average molecular weight is 420 g/mol. The first-order valence-electron chi connectivity index (χ1n) is 9.84. The maximum absolute atomic E-state index is 13.4. The molecular formula is C23H21FN4O3. The van der Waals surface area contributed by atoms with Gasteiger partial charge in [-0.3, -0.25) is 0 Å². The summed E-state index contributed by atoms with van der Waals surface area (Å²) in [4.78, 5) is 21.5. The number of hydrogen-bond acceptors (Lipinski definition) is 6. The normalized spacial score (nSPS) is 10.9. The summed E-state index contributed by atoms with van der Waals surface area (Å²) in [7, 11) is 0. The van der Waals surface area contributed by atoms with E-state index in [-0.39, 0.29) is 12.3 Å². The lowest BCUT2D eigenvalue weighted by atomic mass is 10.0. The van der Waals surface area contributed by atoms with Crippen molar-refractivity contribution in [1.29, 1.82) is 0 Å². The van der Waals surface area contributed by atoms with Crippen molar-refractivity contribution in [3.05, 3.63) is 88.7 Å². The second-order valence-electron chi connectivity index (χ2n) is 6.71. The van der Waals surface area contributed by atoms with E-state index in [0.717, 1.165) is 5.56 Å². The molecule has 4 aromatic rings. The Bertz CT molecular complexity index is 1200. The number of nitrogens with one attached hydrogen (secondary N) is 1. The van der Waals surface area contributed by atoms with Gasteiger partial charge in [-0.2, -0.15) is 4.74 Å². The summed E-state index contributed by atoms with van der Waals surface area (Å²) in [5.74, 6) is 0.0147. The number of nitrogens with zero attached hydrogens (tertiary/aromatic N) is 3. The Morgan fingerprint density at radius 1 is 1.10 bits per heavy atom. The molecule has 0 atom stereocenters. The van der Waals surface area contributed by atoms with E-state index in [1.54, 1.807) is 12.3 Å². The van der Waals surface area contributed by atoms with Crippen LogP contribution in [0.3, 0.4) is 0 Å². The fraction of sp³-hybridized carbons (Fsp3) is 0.174. The summed E-state index contributed by atoms with van der Waals surface area (Å²) in [6, 6.07) is 17.2. The van der Waals surface area contributed by atoms with Crippen LogP contribution >= 0.6 is 0 Å². The molecule has 0 spiro atoms. The number of halogens is 1. The molecule has 4 rings (SSSR count). The van der Waals surface area contributed by atoms with E-state index < -0.39 is 11.4 Å². The van der Waals surface area contributed by atoms with Crippen molar-refractivity contribution in [3.63, 3.8) is 0 Å². The van der Waals surface area contributed by atoms with Gasteiger partial charge in [0.05, 0.1) is 11.3 Å². The van der Waals surface area contributed by atoms with E-state index in [0.29, 0.717) is 36.1 Å². The van der Waals surface area contributed by atoms with Gasteiger partial charge < -0.3 is 14.6 Å². The Labute approximate surface area is 178 Å². The van der Waals surface area contributed by atoms with Crippen molar-refractivity contribution in [1.82, 2.24) is 14.7 Å². The third-order valence-corrected chi connectivity index (χ3v) is 4.62. The predicted octanol–water partition coefficient (Wildman–Crippen LogP) is 4.31. The van der Waals surface area contributed by atoms with Gasteiger partial charge in [-0.05, 0) is 36.2 Å². The topological polar surface area (TPSA) is 82.2 Å². The zero-order chi connectivity index (χ0) is 21.6. The minimum atomic E-state index is -0.557. The molecule has 2 aromatic heterocycles. The van der Waals surface area contributed by atoms with Gasteiger partial charge in [-0.1, -0.05) is 42.5 Å². The lowest BCUT2D eigenvalue weighted by molar-refractivity contribution is 0.0314. The zero-order valence-electron chi connectivity index (χ0n) is 16.9. The summed E-state index contributed by atoms with van der Waals surface area (Å²) in [5.41, 5.74) is 2.26. The van der Waals surface area contributed by atoms with Crippen LogP contribution in [-0.2, 0) is 18.0 Å². The van der Waals surface area contributed by atoms with Gasteiger partial charge >= 0.3 is 5.63 Å². The fourth-order valence-corrected chi connectivity index (χ4v) is 3.16. The Morgan fingerprint density at radius 2 is 1.87 bits per heavy atom. The molecule has 0 radical (unpaired) electrons. The lowest BCUT2D eigenvalue weighted by Gasteiger charge is -2.10. The smallest absolute Gasteiger partial charge is 0.358 e. The molecule has 2 aromatic carbocycles. The molecule has 2 heterocycles. The Hall–Kier alpha value is -3.78. The molecule has 31 heavy (non-hydrogen) atoms. The van der Waals surface area contributed by atoms with Crippen molar-refractivity contribution >= 4 is 5.95 Å². The van der Waals surface area contributed by atoms with Crippen LogP contribution in [0.25, 0.3) is 22.5 Å². The monoisotopic (exact) mass is 420 g/mol. The van der Waals surface area contributed by atoms with E-state index in [4.69, 9.17) is 9.26 Å². The molecule has 0 fully saturated rings. The third kappa shape index (κ3) is 4.70. The maximum Gasteiger partial charge on any atom is 0.366 e. The number of anilines is 1. The fourth-order valence-electron chi connectivity index (χ4n) is 3.16. The Kier molecular flexibility index (Phi) is 6.18. The van der Waals surface area contributed by atoms with Gasteiger partial charge in [0, 0.05) is 19.3 Å². The summed E-state index contributed by atoms with van der Waals surface area (Å²) in [5, 5.41) is 3.19. The summed E-state index contributed by atoms with van der Waals surface area (Å²) in [6.45, 7) is 2.88. The first-order chi connectivity index (χ1) is 15.2. The molecule has 0 bridgehead atoms. The minimum absolute atomic E-state index is 0.0407. The van der Waals surface area contributed by atoms with Crippen LogP contribution in [-0.4, -0.2) is 21.3 Å². The number of ether oxygens (including phenoxy) is 1. The highest BCUT2D eigenvalue weighted by molar-refractivity contribution is 5.78. The van der Waals surface area contributed by atoms with E-state index >= 15 is 0 Å². The molecule has 0 aliphatic carbocycles. The van der Waals surface area contributed by atoms with Gasteiger partial charge in [-0.25, -0.2) is 19.2 Å². The molecule has 7 nitrogen and oxygen atoms in total. The molecule has 158 valence electrons. The summed E-state index contributed by atoms with van der Waals surface area (Å²) in [6.07, 6.45) is 1.60. The Morgan fingerprint density at radius 3 is 2.61 bits per heavy atom. The number of rotatable bonds is 8. The number of hydrogen-bond donors (Lipinski definition) is 1. The number of benzene rings is 2. The first-order valence-corrected chi connectivity index (χ1v) is 9.84. The van der Waals surface area contributed by atoms with E-state index in [9.17, 15) is 9.18 Å². The minimum Gasteiger partial charge on any atom is -0.358 e. The molecule has 0 saturated heterocycles. The zero-order valence-corrected chi connectivity index (χ0v) is 16.9. The van der Waals surface area contributed by atoms with Crippen molar-refractivity contribution < 1.29 is 13.7 Å². The summed E-state index contributed by atoms with van der Waals surface area (Å²) >= 11 is 0. The standard InChI is InChI=1S/C23H21FN4O3/c1-2-30-15-28-21(20(22(29)31-28)17-8-10-18(24)11-9-17)19-12-13-25-23(27-19)26-14-16-6-4-3-5-7-16/h3-13H,2,14-15H2,1H3,(H,25,26,27). The lowest BCUT2D eigenvalue weighted by Crippen LogP contribution is -2.07. The molecule has 0 amide bonds. The van der Waals surface area contributed by atoms with Crippen LogP contribution in [0.2, 0.25) is 0 Å². The van der Waals surface area contributed by atoms with Gasteiger partial charge in [0.25, 0.3) is 0 Å². The van der Waals surface area contributed by atoms with Crippen molar-refractivity contribution in [2.24, 2.45) is 0 Å². The quantitative estimate of drug-likeness (QED) is 0.457. The second kappa shape index (κ2) is 9.36. The van der Waals surface area contributed by atoms with Gasteiger partial charge in [0.1, 0.15) is 11.5 Å². The van der Waals surface area contributed by atoms with Crippen molar-refractivity contribution in [2.75, 3.05) is 11.9 Å². The van der Waals surface area contributed by atoms with Crippen molar-refractivity contribution in [2.45, 2.75) is 20.2 Å². The molecule has 8 heteroatoms. The molecular weight excluding hydrogens is 399 g/mol. The Balaban J connectivity index is 1.73. The van der Waals surface area contributed by atoms with Crippen LogP contribution in [0.5, 0.6) is 0 Å². The summed E-state index contributed by atoms with van der Waals surface area (Å²) < 4.78 is 25.6. The van der Waals surface area contributed by atoms with Gasteiger partial charge in [0.2, 0.25) is 5.95 Å². The second-order valence-corrected chi connectivity index (χ2v) is 6.71. The van der Waals surface area contributed by atoms with E-state index in [1.165, 1.54) is 29.0 Å². The van der Waals surface area contributed by atoms with Gasteiger partial charge in [0.15, 0.2) is 6.73 Å². The van der Waals surface area contributed by atoms with Crippen LogP contribution in [0, 0.1) is 5.82 Å². The van der Waals surface area contributed by atoms with Gasteiger partial charge in [-0.15, -0.1) is 0 Å². The maximum atomic E-state index is 13.4. The molecule has 0 unspecified atom stereocenters.